The molecule has 1 aliphatic rings. The predicted molar refractivity (Wildman–Crippen MR) is 135 cm³/mol. The number of nitrogens with two attached hydrogens (primary N) is 1. The van der Waals surface area contributed by atoms with Crippen molar-refractivity contribution in [3.05, 3.63) is 69.5 Å². The Kier molecular flexibility index (Phi) is 13.7. The van der Waals surface area contributed by atoms with Gasteiger partial charge in [-0.05, 0) is 32.4 Å². The smallest absolute Gasteiger partial charge is 0.336 e. The highest BCUT2D eigenvalue weighted by Crippen LogP contribution is 2.41. The molecule has 0 bridgehead atoms. The minimum atomic E-state index is -1.26. The topological polar surface area (TPSA) is 174 Å². The molecule has 0 aromatic heterocycles. The van der Waals surface area contributed by atoms with Gasteiger partial charge in [-0.2, -0.15) is 0 Å². The zero-order valence-electron chi connectivity index (χ0n) is 20.8. The van der Waals surface area contributed by atoms with Gasteiger partial charge in [-0.1, -0.05) is 29.8 Å². The summed E-state index contributed by atoms with van der Waals surface area (Å²) in [7, 11) is 0. The zero-order chi connectivity index (χ0) is 28.0. The van der Waals surface area contributed by atoms with Crippen LogP contribution >= 0.6 is 11.6 Å². The van der Waals surface area contributed by atoms with Crippen molar-refractivity contribution in [2.45, 2.75) is 26.7 Å². The number of hydrogen-bond acceptors (Lipinski definition) is 9. The largest absolute Gasteiger partial charge is 0.478 e. The molecule has 0 aliphatic carbocycles. The lowest BCUT2D eigenvalue weighted by Gasteiger charge is -2.31. The molecule has 1 atom stereocenters. The summed E-state index contributed by atoms with van der Waals surface area (Å²) < 4.78 is 16.1. The Hall–Kier alpha value is -3.67. The number of carbonyl (C=O) groups is 4. The highest BCUT2D eigenvalue weighted by Gasteiger charge is 2.39. The van der Waals surface area contributed by atoms with Gasteiger partial charge in [-0.3, -0.25) is 0 Å². The van der Waals surface area contributed by atoms with E-state index in [4.69, 9.17) is 41.8 Å². The number of rotatable bonds is 11. The van der Waals surface area contributed by atoms with Gasteiger partial charge in [-0.25, -0.2) is 19.2 Å². The Balaban J connectivity index is 0.000000738. The second-order valence-corrected chi connectivity index (χ2v) is 7.71. The summed E-state index contributed by atoms with van der Waals surface area (Å²) in [6.07, 6.45) is 1.12. The molecule has 11 nitrogen and oxygen atoms in total. The van der Waals surface area contributed by atoms with Gasteiger partial charge in [0.05, 0.1) is 49.2 Å². The van der Waals surface area contributed by atoms with E-state index in [1.807, 2.05) is 0 Å². The van der Waals surface area contributed by atoms with Gasteiger partial charge in [0.15, 0.2) is 0 Å². The van der Waals surface area contributed by atoms with Crippen LogP contribution in [0.4, 0.5) is 0 Å². The average molecular weight is 539 g/mol. The number of nitrogens with one attached hydrogen (secondary N) is 1. The van der Waals surface area contributed by atoms with E-state index in [0.717, 1.165) is 0 Å². The maximum atomic E-state index is 13.0. The van der Waals surface area contributed by atoms with Crippen molar-refractivity contribution in [3.8, 4) is 0 Å². The molecule has 2 rings (SSSR count). The molecule has 0 amide bonds. The molecular formula is C25H31ClN2O9. The van der Waals surface area contributed by atoms with E-state index in [1.54, 1.807) is 45.0 Å². The first-order valence-corrected chi connectivity index (χ1v) is 11.7. The van der Waals surface area contributed by atoms with E-state index < -0.39 is 29.8 Å². The third-order valence-corrected chi connectivity index (χ3v) is 5.07. The van der Waals surface area contributed by atoms with Crippen LogP contribution in [0.3, 0.4) is 0 Å². The maximum absolute atomic E-state index is 13.0. The molecule has 0 spiro atoms. The molecule has 202 valence electrons. The van der Waals surface area contributed by atoms with Crippen LogP contribution in [0.2, 0.25) is 5.02 Å². The van der Waals surface area contributed by atoms with Crippen molar-refractivity contribution in [2.75, 3.05) is 33.0 Å². The van der Waals surface area contributed by atoms with E-state index in [0.29, 0.717) is 52.9 Å². The summed E-state index contributed by atoms with van der Waals surface area (Å²) in [6, 6.07) is 7.08. The number of allylic oxidation sites excluding steroid dienone is 1. The van der Waals surface area contributed by atoms with Gasteiger partial charge in [0.2, 0.25) is 0 Å². The van der Waals surface area contributed by atoms with Gasteiger partial charge in [0.25, 0.3) is 0 Å². The number of ether oxygens (including phenoxy) is 3. The van der Waals surface area contributed by atoms with Crippen LogP contribution in [-0.4, -0.2) is 67.1 Å². The number of benzene rings is 1. The van der Waals surface area contributed by atoms with E-state index in [1.165, 1.54) is 0 Å². The lowest BCUT2D eigenvalue weighted by atomic mass is 9.80. The van der Waals surface area contributed by atoms with Gasteiger partial charge in [-0.15, -0.1) is 0 Å². The van der Waals surface area contributed by atoms with Gasteiger partial charge >= 0.3 is 23.9 Å². The summed E-state index contributed by atoms with van der Waals surface area (Å²) in [4.78, 5) is 44.9. The third-order valence-electron chi connectivity index (χ3n) is 4.73. The highest BCUT2D eigenvalue weighted by molar-refractivity contribution is 6.31. The Labute approximate surface area is 219 Å². The molecule has 12 heteroatoms. The molecule has 1 heterocycles. The Bertz CT molecular complexity index is 1060. The van der Waals surface area contributed by atoms with E-state index in [2.05, 4.69) is 5.32 Å². The van der Waals surface area contributed by atoms with Crippen molar-refractivity contribution >= 4 is 35.5 Å². The fraction of sp³-hybridized carbons (Fsp3) is 0.360. The van der Waals surface area contributed by atoms with Crippen LogP contribution in [-0.2, 0) is 33.4 Å². The third kappa shape index (κ3) is 9.71. The molecular weight excluding hydrogens is 508 g/mol. The molecule has 1 unspecified atom stereocenters. The SMILES string of the molecule is CCOC(=O)C1=C(C)NC(COCCN)=C(C(=O)OCC)C1c1ccccc1Cl.O=C(O)/C=C\C(=O)O. The van der Waals surface area contributed by atoms with Crippen LogP contribution in [0.15, 0.2) is 59.0 Å². The monoisotopic (exact) mass is 538 g/mol. The van der Waals surface area contributed by atoms with Gasteiger partial charge < -0.3 is 35.5 Å². The van der Waals surface area contributed by atoms with Crippen molar-refractivity contribution in [1.29, 1.82) is 0 Å². The molecule has 5 N–H and O–H groups in total. The van der Waals surface area contributed by atoms with Gasteiger partial charge in [0.1, 0.15) is 0 Å². The lowest BCUT2D eigenvalue weighted by Crippen LogP contribution is -2.35. The Morgan fingerprint density at radius 3 is 2.03 bits per heavy atom. The lowest BCUT2D eigenvalue weighted by molar-refractivity contribution is -0.140. The number of esters is 2. The molecule has 1 aromatic rings. The number of halogens is 1. The van der Waals surface area contributed by atoms with Gasteiger partial charge in [0, 0.05) is 29.4 Å². The summed E-state index contributed by atoms with van der Waals surface area (Å²) in [6.45, 7) is 6.37. The summed E-state index contributed by atoms with van der Waals surface area (Å²) in [5.41, 5.74) is 7.76. The fourth-order valence-electron chi connectivity index (χ4n) is 3.36. The summed E-state index contributed by atoms with van der Waals surface area (Å²) >= 11 is 6.46. The number of carboxylic acids is 2. The minimum absolute atomic E-state index is 0.111. The van der Waals surface area contributed by atoms with Crippen LogP contribution in [0.25, 0.3) is 0 Å². The maximum Gasteiger partial charge on any atom is 0.336 e. The second kappa shape index (κ2) is 16.1. The number of carbonyl (C=O) groups excluding carboxylic acids is 2. The number of carboxylic acid groups (broad SMARTS) is 2. The van der Waals surface area contributed by atoms with Crippen LogP contribution in [0.1, 0.15) is 32.3 Å². The fourth-order valence-corrected chi connectivity index (χ4v) is 3.60. The first kappa shape index (κ1) is 31.4. The van der Waals surface area contributed by atoms with Crippen LogP contribution < -0.4 is 11.1 Å². The molecule has 1 aromatic carbocycles. The van der Waals surface area contributed by atoms with Crippen LogP contribution in [0.5, 0.6) is 0 Å². The number of dihydropyridines is 1. The molecule has 37 heavy (non-hydrogen) atoms. The molecule has 0 radical (unpaired) electrons. The number of hydrogen-bond donors (Lipinski definition) is 4. The van der Waals surface area contributed by atoms with Crippen molar-refractivity contribution in [1.82, 2.24) is 5.32 Å². The van der Waals surface area contributed by atoms with Crippen molar-refractivity contribution in [2.24, 2.45) is 5.73 Å². The zero-order valence-corrected chi connectivity index (χ0v) is 21.5. The van der Waals surface area contributed by atoms with E-state index >= 15 is 0 Å². The summed E-state index contributed by atoms with van der Waals surface area (Å²) in [5, 5.41) is 19.2. The molecule has 0 fully saturated rings. The predicted octanol–water partition coefficient (Wildman–Crippen LogP) is 2.37. The molecule has 1 aliphatic heterocycles. The highest BCUT2D eigenvalue weighted by atomic mass is 35.5. The van der Waals surface area contributed by atoms with Crippen molar-refractivity contribution in [3.63, 3.8) is 0 Å². The molecule has 0 saturated carbocycles. The standard InChI is InChI=1S/C21H27ClN2O5.C4H4O4/c1-4-28-20(25)17-13(3)24-16(12-27-11-10-23)19(21(26)29-5-2)18(17)14-8-6-7-9-15(14)22;5-3(6)1-2-4(7)8/h6-9,18,24H,4-5,10-12,23H2,1-3H3;1-2H,(H,5,6)(H,7,8)/b;2-1-. The molecule has 0 saturated heterocycles. The Morgan fingerprint density at radius 2 is 1.54 bits per heavy atom. The Morgan fingerprint density at radius 1 is 1.00 bits per heavy atom. The number of aliphatic carboxylic acids is 2. The summed E-state index contributed by atoms with van der Waals surface area (Å²) in [5.74, 6) is -4.34. The average Bonchev–Trinajstić information content (AvgIpc) is 2.83. The van der Waals surface area contributed by atoms with Crippen molar-refractivity contribution < 1.29 is 43.6 Å². The minimum Gasteiger partial charge on any atom is -0.478 e. The quantitative estimate of drug-likeness (QED) is 0.185. The van der Waals surface area contributed by atoms with E-state index in [9.17, 15) is 19.2 Å². The van der Waals surface area contributed by atoms with E-state index in [-0.39, 0.29) is 25.4 Å². The first-order chi connectivity index (χ1) is 17.6. The second-order valence-electron chi connectivity index (χ2n) is 7.30. The first-order valence-electron chi connectivity index (χ1n) is 11.3. The normalized spacial score (nSPS) is 15.0. The van der Waals surface area contributed by atoms with Crippen LogP contribution in [0, 0.1) is 0 Å².